The molecule has 2 aromatic carbocycles. The van der Waals surface area contributed by atoms with Gasteiger partial charge in [0.15, 0.2) is 0 Å². The summed E-state index contributed by atoms with van der Waals surface area (Å²) in [4.78, 5) is 2.37. The molecule has 0 amide bonds. The molecular weight excluding hydrogens is 284 g/mol. The first-order valence-corrected chi connectivity index (χ1v) is 8.29. The monoisotopic (exact) mass is 306 g/mol. The summed E-state index contributed by atoms with van der Waals surface area (Å²) in [7, 11) is 0. The Bertz CT molecular complexity index is 836. The molecule has 118 valence electrons. The number of benzene rings is 2. The minimum Gasteiger partial charge on any atom is -0.364 e. The first kappa shape index (κ1) is 14.3. The van der Waals surface area contributed by atoms with Crippen LogP contribution in [-0.4, -0.2) is 22.4 Å². The van der Waals surface area contributed by atoms with Gasteiger partial charge in [0.2, 0.25) is 0 Å². The molecule has 1 unspecified atom stereocenters. The molecule has 1 aliphatic heterocycles. The zero-order valence-corrected chi connectivity index (χ0v) is 13.4. The van der Waals surface area contributed by atoms with E-state index in [4.69, 9.17) is 10.8 Å². The topological polar surface area (TPSA) is 47.1 Å². The van der Waals surface area contributed by atoms with E-state index in [1.54, 1.807) is 0 Å². The van der Waals surface area contributed by atoms with Gasteiger partial charge >= 0.3 is 0 Å². The quantitative estimate of drug-likeness (QED) is 0.809. The van der Waals surface area contributed by atoms with E-state index in [1.807, 2.05) is 0 Å². The molecule has 1 atom stereocenters. The molecule has 4 nitrogen and oxygen atoms in total. The number of nitrogens with zero attached hydrogens (tertiary/aromatic N) is 3. The molecule has 0 saturated carbocycles. The van der Waals surface area contributed by atoms with Gasteiger partial charge < -0.3 is 10.6 Å². The van der Waals surface area contributed by atoms with Crippen LogP contribution in [0.1, 0.15) is 18.2 Å². The lowest BCUT2D eigenvalue weighted by molar-refractivity contribution is 0.589. The summed E-state index contributed by atoms with van der Waals surface area (Å²) >= 11 is 0. The van der Waals surface area contributed by atoms with Gasteiger partial charge in [0, 0.05) is 30.2 Å². The van der Waals surface area contributed by atoms with Crippen LogP contribution in [0.5, 0.6) is 0 Å². The minimum atomic E-state index is 0.185. The third-order valence-corrected chi connectivity index (χ3v) is 4.64. The number of fused-ring (bicyclic) bond motifs is 2. The normalized spacial score (nSPS) is 17.5. The molecule has 2 heterocycles. The van der Waals surface area contributed by atoms with Crippen molar-refractivity contribution in [2.24, 2.45) is 5.73 Å². The molecule has 0 spiro atoms. The molecule has 0 aliphatic carbocycles. The zero-order valence-electron chi connectivity index (χ0n) is 13.4. The fourth-order valence-electron chi connectivity index (χ4n) is 3.60. The van der Waals surface area contributed by atoms with Crippen LogP contribution in [0.4, 0.5) is 5.69 Å². The smallest absolute Gasteiger partial charge is 0.0896 e. The lowest BCUT2D eigenvalue weighted by Crippen LogP contribution is -2.43. The third-order valence-electron chi connectivity index (χ3n) is 4.64. The average molecular weight is 306 g/mol. The van der Waals surface area contributed by atoms with Gasteiger partial charge in [-0.2, -0.15) is 5.10 Å². The minimum absolute atomic E-state index is 0.185. The summed E-state index contributed by atoms with van der Waals surface area (Å²) in [5.41, 5.74) is 11.2. The Hall–Kier alpha value is -2.33. The van der Waals surface area contributed by atoms with Crippen LogP contribution >= 0.6 is 0 Å². The molecule has 2 N–H and O–H groups in total. The van der Waals surface area contributed by atoms with E-state index < -0.39 is 0 Å². The lowest BCUT2D eigenvalue weighted by Gasteiger charge is -2.34. The van der Waals surface area contributed by atoms with E-state index in [2.05, 4.69) is 65.0 Å². The predicted molar refractivity (Wildman–Crippen MR) is 94.6 cm³/mol. The van der Waals surface area contributed by atoms with Gasteiger partial charge in [0.1, 0.15) is 0 Å². The number of para-hydroxylation sites is 2. The number of aryl methyl sites for hydroxylation is 1. The highest BCUT2D eigenvalue weighted by Gasteiger charge is 2.23. The summed E-state index contributed by atoms with van der Waals surface area (Å²) in [5.74, 6) is 0. The van der Waals surface area contributed by atoms with Crippen molar-refractivity contribution in [1.29, 1.82) is 0 Å². The fourth-order valence-corrected chi connectivity index (χ4v) is 3.60. The molecule has 23 heavy (non-hydrogen) atoms. The fraction of sp³-hybridized carbons (Fsp3) is 0.316. The van der Waals surface area contributed by atoms with Crippen LogP contribution < -0.4 is 10.6 Å². The first-order valence-electron chi connectivity index (χ1n) is 8.29. The maximum absolute atomic E-state index is 6.27. The van der Waals surface area contributed by atoms with Gasteiger partial charge in [-0.15, -0.1) is 0 Å². The summed E-state index contributed by atoms with van der Waals surface area (Å²) in [6, 6.07) is 17.2. The average Bonchev–Trinajstić information content (AvgIpc) is 2.93. The van der Waals surface area contributed by atoms with Crippen LogP contribution in [-0.2, 0) is 19.5 Å². The van der Waals surface area contributed by atoms with Crippen molar-refractivity contribution >= 4 is 16.6 Å². The Morgan fingerprint density at radius 3 is 2.78 bits per heavy atom. The van der Waals surface area contributed by atoms with Gasteiger partial charge in [-0.25, -0.2) is 0 Å². The third kappa shape index (κ3) is 2.49. The van der Waals surface area contributed by atoms with Crippen molar-refractivity contribution < 1.29 is 0 Å². The van der Waals surface area contributed by atoms with Crippen molar-refractivity contribution in [2.45, 2.75) is 32.5 Å². The SMILES string of the molecule is CCn1nc(CN2CC(N)Cc3ccccc32)c2ccccc21. The number of hydrogen-bond donors (Lipinski definition) is 1. The Kier molecular flexibility index (Phi) is 3.54. The molecule has 1 aromatic heterocycles. The molecule has 4 rings (SSSR count). The van der Waals surface area contributed by atoms with Gasteiger partial charge in [-0.3, -0.25) is 4.68 Å². The number of hydrogen-bond acceptors (Lipinski definition) is 3. The van der Waals surface area contributed by atoms with Crippen LogP contribution in [0.15, 0.2) is 48.5 Å². The number of rotatable bonds is 3. The van der Waals surface area contributed by atoms with Gasteiger partial charge in [0.05, 0.1) is 17.8 Å². The van der Waals surface area contributed by atoms with E-state index in [0.29, 0.717) is 0 Å². The first-order chi connectivity index (χ1) is 11.3. The molecule has 3 aromatic rings. The molecule has 0 radical (unpaired) electrons. The molecule has 4 heteroatoms. The second kappa shape index (κ2) is 5.70. The molecular formula is C19H22N4. The van der Waals surface area contributed by atoms with Crippen molar-refractivity contribution in [3.8, 4) is 0 Å². The van der Waals surface area contributed by atoms with E-state index in [0.717, 1.165) is 31.7 Å². The van der Waals surface area contributed by atoms with Crippen molar-refractivity contribution in [3.05, 3.63) is 59.8 Å². The number of anilines is 1. The van der Waals surface area contributed by atoms with Crippen LogP contribution in [0.3, 0.4) is 0 Å². The molecule has 0 fully saturated rings. The van der Waals surface area contributed by atoms with Crippen LogP contribution in [0.25, 0.3) is 10.9 Å². The van der Waals surface area contributed by atoms with Crippen LogP contribution in [0.2, 0.25) is 0 Å². The second-order valence-electron chi connectivity index (χ2n) is 6.25. The summed E-state index contributed by atoms with van der Waals surface area (Å²) in [5, 5.41) is 6.08. The largest absolute Gasteiger partial charge is 0.364 e. The lowest BCUT2D eigenvalue weighted by atomic mass is 9.98. The van der Waals surface area contributed by atoms with E-state index >= 15 is 0 Å². The maximum Gasteiger partial charge on any atom is 0.0896 e. The predicted octanol–water partition coefficient (Wildman–Crippen LogP) is 2.95. The summed E-state index contributed by atoms with van der Waals surface area (Å²) in [6.07, 6.45) is 0.955. The van der Waals surface area contributed by atoms with Crippen LogP contribution in [0, 0.1) is 0 Å². The van der Waals surface area contributed by atoms with E-state index in [-0.39, 0.29) is 6.04 Å². The Morgan fingerprint density at radius 2 is 1.91 bits per heavy atom. The van der Waals surface area contributed by atoms with Crippen molar-refractivity contribution in [3.63, 3.8) is 0 Å². The summed E-state index contributed by atoms with van der Waals surface area (Å²) in [6.45, 7) is 4.70. The summed E-state index contributed by atoms with van der Waals surface area (Å²) < 4.78 is 2.08. The van der Waals surface area contributed by atoms with Gasteiger partial charge in [-0.1, -0.05) is 36.4 Å². The number of aromatic nitrogens is 2. The number of nitrogens with two attached hydrogens (primary N) is 1. The molecule has 0 bridgehead atoms. The van der Waals surface area contributed by atoms with E-state index in [9.17, 15) is 0 Å². The van der Waals surface area contributed by atoms with Gasteiger partial charge in [0.25, 0.3) is 0 Å². The van der Waals surface area contributed by atoms with Crippen molar-refractivity contribution in [1.82, 2.24) is 9.78 Å². The Morgan fingerprint density at radius 1 is 1.13 bits per heavy atom. The zero-order chi connectivity index (χ0) is 15.8. The maximum atomic E-state index is 6.27. The Labute approximate surface area is 136 Å². The molecule has 1 aliphatic rings. The Balaban J connectivity index is 1.74. The van der Waals surface area contributed by atoms with Crippen molar-refractivity contribution in [2.75, 3.05) is 11.4 Å². The second-order valence-corrected chi connectivity index (χ2v) is 6.25. The van der Waals surface area contributed by atoms with Gasteiger partial charge in [-0.05, 0) is 31.0 Å². The molecule has 0 saturated heterocycles. The highest BCUT2D eigenvalue weighted by atomic mass is 15.3. The highest BCUT2D eigenvalue weighted by Crippen LogP contribution is 2.29. The van der Waals surface area contributed by atoms with E-state index in [1.165, 1.54) is 22.2 Å². The standard InChI is InChI=1S/C19H22N4/c1-2-23-19-10-6-4-8-16(19)17(21-23)13-22-12-15(20)11-14-7-3-5-9-18(14)22/h3-10,15H,2,11-13,20H2,1H3. The highest BCUT2D eigenvalue weighted by molar-refractivity contribution is 5.82.